The number of carbonyl (C=O) groups excluding carboxylic acids is 1. The second-order valence-electron chi connectivity index (χ2n) is 3.14. The number of carbonyl (C=O) groups is 1. The third-order valence-electron chi connectivity index (χ3n) is 2.09. The van der Waals surface area contributed by atoms with Crippen LogP contribution in [0.4, 0.5) is 0 Å². The molecule has 1 N–H and O–H groups in total. The highest BCUT2D eigenvalue weighted by Crippen LogP contribution is 2.18. The first-order valence-corrected chi connectivity index (χ1v) is 4.50. The van der Waals surface area contributed by atoms with Gasteiger partial charge in [-0.15, -0.1) is 0 Å². The lowest BCUT2D eigenvalue weighted by Crippen LogP contribution is -1.84. The molecule has 0 bridgehead atoms. The number of aldehydes is 1. The quantitative estimate of drug-likeness (QED) is 0.755. The van der Waals surface area contributed by atoms with Crippen molar-refractivity contribution >= 4 is 6.29 Å². The van der Waals surface area contributed by atoms with E-state index in [0.717, 1.165) is 17.5 Å². The van der Waals surface area contributed by atoms with E-state index >= 15 is 0 Å². The van der Waals surface area contributed by atoms with Crippen LogP contribution in [0.25, 0.3) is 11.3 Å². The van der Waals surface area contributed by atoms with Gasteiger partial charge >= 0.3 is 0 Å². The number of hydrogen-bond acceptors (Lipinski definition) is 3. The fourth-order valence-electron chi connectivity index (χ4n) is 1.29. The molecule has 1 aromatic carbocycles. The topological polar surface area (TPSA) is 50.2 Å². The second-order valence-corrected chi connectivity index (χ2v) is 3.14. The Hall–Kier alpha value is -2.16. The van der Waals surface area contributed by atoms with Gasteiger partial charge in [0, 0.05) is 11.1 Å². The van der Waals surface area contributed by atoms with Crippen molar-refractivity contribution in [3.63, 3.8) is 0 Å². The van der Waals surface area contributed by atoms with Crippen molar-refractivity contribution in [1.29, 1.82) is 0 Å². The number of nitrogens with zero attached hydrogens (tertiary/aromatic N) is 1. The summed E-state index contributed by atoms with van der Waals surface area (Å²) < 4.78 is 0. The maximum atomic E-state index is 10.5. The van der Waals surface area contributed by atoms with Crippen LogP contribution in [0.2, 0.25) is 0 Å². The summed E-state index contributed by atoms with van der Waals surface area (Å²) in [6, 6.07) is 10.4. The highest BCUT2D eigenvalue weighted by atomic mass is 16.3. The Labute approximate surface area is 87.0 Å². The molecule has 0 aliphatic heterocycles. The van der Waals surface area contributed by atoms with Crippen molar-refractivity contribution in [3.05, 3.63) is 48.2 Å². The third-order valence-corrected chi connectivity index (χ3v) is 2.09. The summed E-state index contributed by atoms with van der Waals surface area (Å²) in [5, 5.41) is 9.08. The van der Waals surface area contributed by atoms with Gasteiger partial charge in [-0.3, -0.25) is 9.78 Å². The van der Waals surface area contributed by atoms with Crippen LogP contribution in [0, 0.1) is 0 Å². The van der Waals surface area contributed by atoms with Gasteiger partial charge in [0.15, 0.2) is 0 Å². The number of rotatable bonds is 2. The van der Waals surface area contributed by atoms with Crippen molar-refractivity contribution in [2.45, 2.75) is 0 Å². The zero-order chi connectivity index (χ0) is 10.7. The molecular formula is C12H9NO2. The summed E-state index contributed by atoms with van der Waals surface area (Å²) in [5.41, 5.74) is 2.32. The van der Waals surface area contributed by atoms with Crippen molar-refractivity contribution in [2.24, 2.45) is 0 Å². The molecule has 2 rings (SSSR count). The van der Waals surface area contributed by atoms with E-state index in [-0.39, 0.29) is 5.75 Å². The fraction of sp³-hybridized carbons (Fsp3) is 0. The molecule has 0 saturated heterocycles. The molecule has 3 nitrogen and oxygen atoms in total. The van der Waals surface area contributed by atoms with E-state index in [9.17, 15) is 4.79 Å². The SMILES string of the molecule is O=Cc1ccc(-c2ccc(O)cn2)cc1. The molecule has 15 heavy (non-hydrogen) atoms. The van der Waals surface area contributed by atoms with Gasteiger partial charge in [0.1, 0.15) is 12.0 Å². The number of aromatic nitrogens is 1. The van der Waals surface area contributed by atoms with Gasteiger partial charge in [0.25, 0.3) is 0 Å². The minimum atomic E-state index is 0.142. The Morgan fingerprint density at radius 2 is 1.80 bits per heavy atom. The lowest BCUT2D eigenvalue weighted by atomic mass is 10.1. The summed E-state index contributed by atoms with van der Waals surface area (Å²) in [6.45, 7) is 0. The molecule has 74 valence electrons. The Morgan fingerprint density at radius 3 is 2.33 bits per heavy atom. The predicted octanol–water partition coefficient (Wildman–Crippen LogP) is 2.27. The molecule has 0 atom stereocenters. The number of pyridine rings is 1. The molecule has 2 aromatic rings. The van der Waals surface area contributed by atoms with Gasteiger partial charge in [0.2, 0.25) is 0 Å². The molecule has 0 amide bonds. The highest BCUT2D eigenvalue weighted by Gasteiger charge is 1.98. The Balaban J connectivity index is 2.37. The molecular weight excluding hydrogens is 190 g/mol. The molecule has 1 heterocycles. The van der Waals surface area contributed by atoms with Gasteiger partial charge in [-0.05, 0) is 12.1 Å². The van der Waals surface area contributed by atoms with E-state index in [1.165, 1.54) is 6.20 Å². The van der Waals surface area contributed by atoms with Crippen molar-refractivity contribution in [2.75, 3.05) is 0 Å². The van der Waals surface area contributed by atoms with E-state index in [1.54, 1.807) is 24.3 Å². The van der Waals surface area contributed by atoms with Gasteiger partial charge < -0.3 is 5.11 Å². The lowest BCUT2D eigenvalue weighted by molar-refractivity contribution is 0.112. The van der Waals surface area contributed by atoms with Gasteiger partial charge in [0.05, 0.1) is 11.9 Å². The summed E-state index contributed by atoms with van der Waals surface area (Å²) in [7, 11) is 0. The van der Waals surface area contributed by atoms with E-state index in [4.69, 9.17) is 5.11 Å². The molecule has 0 saturated carbocycles. The van der Waals surface area contributed by atoms with Crippen LogP contribution in [0.1, 0.15) is 10.4 Å². The Bertz CT molecular complexity index is 460. The Kier molecular flexibility index (Phi) is 2.46. The largest absolute Gasteiger partial charge is 0.506 e. The van der Waals surface area contributed by atoms with Crippen LogP contribution in [-0.4, -0.2) is 16.4 Å². The van der Waals surface area contributed by atoms with Gasteiger partial charge in [-0.2, -0.15) is 0 Å². The molecule has 0 fully saturated rings. The summed E-state index contributed by atoms with van der Waals surface area (Å²) in [4.78, 5) is 14.5. The molecule has 0 unspecified atom stereocenters. The van der Waals surface area contributed by atoms with E-state index in [2.05, 4.69) is 4.98 Å². The monoisotopic (exact) mass is 199 g/mol. The van der Waals surface area contributed by atoms with E-state index in [0.29, 0.717) is 5.56 Å². The minimum Gasteiger partial charge on any atom is -0.506 e. The molecule has 0 aliphatic carbocycles. The average molecular weight is 199 g/mol. The number of benzene rings is 1. The van der Waals surface area contributed by atoms with Crippen molar-refractivity contribution < 1.29 is 9.90 Å². The third kappa shape index (κ3) is 2.02. The predicted molar refractivity (Wildman–Crippen MR) is 56.7 cm³/mol. The minimum absolute atomic E-state index is 0.142. The van der Waals surface area contributed by atoms with Crippen molar-refractivity contribution in [3.8, 4) is 17.0 Å². The molecule has 1 aromatic heterocycles. The standard InChI is InChI=1S/C12H9NO2/c14-8-9-1-3-10(4-2-9)12-6-5-11(15)7-13-12/h1-8,15H. The summed E-state index contributed by atoms with van der Waals surface area (Å²) in [6.07, 6.45) is 2.19. The van der Waals surface area contributed by atoms with Crippen LogP contribution >= 0.6 is 0 Å². The first-order valence-electron chi connectivity index (χ1n) is 4.50. The number of hydrogen-bond donors (Lipinski definition) is 1. The molecule has 0 spiro atoms. The van der Waals surface area contributed by atoms with Crippen LogP contribution in [0.5, 0.6) is 5.75 Å². The smallest absolute Gasteiger partial charge is 0.150 e. The van der Waals surface area contributed by atoms with E-state index in [1.807, 2.05) is 12.1 Å². The highest BCUT2D eigenvalue weighted by molar-refractivity contribution is 5.76. The maximum Gasteiger partial charge on any atom is 0.150 e. The molecule has 0 aliphatic rings. The van der Waals surface area contributed by atoms with Crippen LogP contribution in [-0.2, 0) is 0 Å². The zero-order valence-corrected chi connectivity index (χ0v) is 7.92. The van der Waals surface area contributed by atoms with Crippen LogP contribution in [0.15, 0.2) is 42.6 Å². The fourth-order valence-corrected chi connectivity index (χ4v) is 1.29. The summed E-state index contributed by atoms with van der Waals surface area (Å²) >= 11 is 0. The average Bonchev–Trinajstić information content (AvgIpc) is 2.30. The van der Waals surface area contributed by atoms with Crippen LogP contribution < -0.4 is 0 Å². The normalized spacial score (nSPS) is 9.87. The molecule has 3 heteroatoms. The van der Waals surface area contributed by atoms with E-state index < -0.39 is 0 Å². The van der Waals surface area contributed by atoms with Gasteiger partial charge in [-0.1, -0.05) is 24.3 Å². The second kappa shape index (κ2) is 3.92. The number of aromatic hydroxyl groups is 1. The first kappa shape index (κ1) is 9.40. The maximum absolute atomic E-state index is 10.5. The summed E-state index contributed by atoms with van der Waals surface area (Å²) in [5.74, 6) is 0.142. The first-order chi connectivity index (χ1) is 7.29. The molecule has 0 radical (unpaired) electrons. The van der Waals surface area contributed by atoms with Gasteiger partial charge in [-0.25, -0.2) is 0 Å². The van der Waals surface area contributed by atoms with Crippen LogP contribution in [0.3, 0.4) is 0 Å². The van der Waals surface area contributed by atoms with Crippen molar-refractivity contribution in [1.82, 2.24) is 4.98 Å². The lowest BCUT2D eigenvalue weighted by Gasteiger charge is -2.00. The Morgan fingerprint density at radius 1 is 1.07 bits per heavy atom. The zero-order valence-electron chi connectivity index (χ0n) is 7.92.